The second-order valence-electron chi connectivity index (χ2n) is 1.40. The minimum atomic E-state index is 0.827. The highest BCUT2D eigenvalue weighted by atomic mass is 35.5. The first kappa shape index (κ1) is 6.35. The summed E-state index contributed by atoms with van der Waals surface area (Å²) < 4.78 is 0. The van der Waals surface area contributed by atoms with Gasteiger partial charge in [-0.25, -0.2) is 0 Å². The number of hydrogen-bond donors (Lipinski definition) is 0. The maximum absolute atomic E-state index is 5.38. The van der Waals surface area contributed by atoms with Gasteiger partial charge in [-0.2, -0.15) is 0 Å². The Morgan fingerprint density at radius 1 is 1.33 bits per heavy atom. The lowest BCUT2D eigenvalue weighted by atomic mass is 10.0. The SMILES string of the molecule is BCCCCCl. The molecule has 0 N–H and O–H groups in total. The number of unbranched alkanes of at least 4 members (excludes halogenated alkanes) is 1. The Morgan fingerprint density at radius 3 is 2.17 bits per heavy atom. The minimum Gasteiger partial charge on any atom is -0.127 e. The van der Waals surface area contributed by atoms with E-state index in [0.717, 1.165) is 5.88 Å². The molecule has 0 heterocycles. The summed E-state index contributed by atoms with van der Waals surface area (Å²) in [7, 11) is 2.17. The zero-order valence-electron chi connectivity index (χ0n) is 4.21. The Labute approximate surface area is 45.3 Å². The van der Waals surface area contributed by atoms with Crippen LogP contribution in [0, 0.1) is 0 Å². The standard InChI is InChI=1S/C4H10BCl/c5-3-1-2-4-6/h1-5H2. The summed E-state index contributed by atoms with van der Waals surface area (Å²) in [5.41, 5.74) is 0. The van der Waals surface area contributed by atoms with E-state index in [9.17, 15) is 0 Å². The first-order valence-corrected chi connectivity index (χ1v) is 3.01. The van der Waals surface area contributed by atoms with Gasteiger partial charge in [0.15, 0.2) is 0 Å². The van der Waals surface area contributed by atoms with E-state index in [1.54, 1.807) is 0 Å². The summed E-state index contributed by atoms with van der Waals surface area (Å²) in [6.45, 7) is 0. The molecule has 0 aliphatic heterocycles. The number of hydrogen-bond acceptors (Lipinski definition) is 0. The normalized spacial score (nSPS) is 8.83. The van der Waals surface area contributed by atoms with Crippen LogP contribution in [-0.2, 0) is 0 Å². The lowest BCUT2D eigenvalue weighted by Crippen LogP contribution is -1.72. The molecule has 0 saturated carbocycles. The van der Waals surface area contributed by atoms with Gasteiger partial charge in [0.25, 0.3) is 0 Å². The number of alkyl halides is 1. The van der Waals surface area contributed by atoms with Crippen molar-refractivity contribution in [3.05, 3.63) is 0 Å². The van der Waals surface area contributed by atoms with Crippen LogP contribution >= 0.6 is 11.6 Å². The molecule has 0 radical (unpaired) electrons. The monoisotopic (exact) mass is 104 g/mol. The molecule has 0 aliphatic carbocycles. The fourth-order valence-corrected chi connectivity index (χ4v) is 0.533. The maximum Gasteiger partial charge on any atom is 0.101 e. The third-order valence-electron chi connectivity index (χ3n) is 0.737. The molecule has 2 heteroatoms. The van der Waals surface area contributed by atoms with Crippen molar-refractivity contribution in [1.82, 2.24) is 0 Å². The molecule has 0 amide bonds. The van der Waals surface area contributed by atoms with Crippen LogP contribution in [0.4, 0.5) is 0 Å². The average molecular weight is 104 g/mol. The van der Waals surface area contributed by atoms with Crippen LogP contribution in [-0.4, -0.2) is 13.7 Å². The highest BCUT2D eigenvalue weighted by Crippen LogP contribution is 1.92. The Kier molecular flexibility index (Phi) is 5.67. The van der Waals surface area contributed by atoms with Crippen molar-refractivity contribution in [2.75, 3.05) is 5.88 Å². The third-order valence-corrected chi connectivity index (χ3v) is 1.00. The summed E-state index contributed by atoms with van der Waals surface area (Å²) in [6.07, 6.45) is 3.73. The number of rotatable bonds is 3. The van der Waals surface area contributed by atoms with Crippen LogP contribution in [0.15, 0.2) is 0 Å². The Bertz CT molecular complexity index is 19.5. The van der Waals surface area contributed by atoms with E-state index >= 15 is 0 Å². The lowest BCUT2D eigenvalue weighted by molar-refractivity contribution is 0.890. The molecule has 0 aliphatic rings. The second kappa shape index (κ2) is 5.35. The highest BCUT2D eigenvalue weighted by molar-refractivity contribution is 6.17. The van der Waals surface area contributed by atoms with E-state index in [0.29, 0.717) is 0 Å². The van der Waals surface area contributed by atoms with Gasteiger partial charge in [-0.15, -0.1) is 11.6 Å². The molecule has 0 fully saturated rings. The highest BCUT2D eigenvalue weighted by Gasteiger charge is 1.77. The number of halogens is 1. The van der Waals surface area contributed by atoms with Crippen molar-refractivity contribution in [2.45, 2.75) is 19.2 Å². The zero-order valence-corrected chi connectivity index (χ0v) is 4.96. The molecule has 0 unspecified atom stereocenters. The van der Waals surface area contributed by atoms with Gasteiger partial charge in [0.1, 0.15) is 7.85 Å². The van der Waals surface area contributed by atoms with Gasteiger partial charge < -0.3 is 0 Å². The predicted octanol–water partition coefficient (Wildman–Crippen LogP) is 1.06. The predicted molar refractivity (Wildman–Crippen MR) is 33.3 cm³/mol. The van der Waals surface area contributed by atoms with Crippen molar-refractivity contribution >= 4 is 19.4 Å². The molecule has 0 aromatic heterocycles. The van der Waals surface area contributed by atoms with E-state index in [-0.39, 0.29) is 0 Å². The summed E-state index contributed by atoms with van der Waals surface area (Å²) in [5, 5.41) is 0. The topological polar surface area (TPSA) is 0 Å². The van der Waals surface area contributed by atoms with Crippen LogP contribution < -0.4 is 0 Å². The summed E-state index contributed by atoms with van der Waals surface area (Å²) >= 11 is 5.38. The van der Waals surface area contributed by atoms with Crippen LogP contribution in [0.1, 0.15) is 12.8 Å². The Morgan fingerprint density at radius 2 is 2.00 bits per heavy atom. The third kappa shape index (κ3) is 4.35. The van der Waals surface area contributed by atoms with Crippen molar-refractivity contribution in [3.63, 3.8) is 0 Å². The van der Waals surface area contributed by atoms with Crippen LogP contribution in [0.2, 0.25) is 6.32 Å². The van der Waals surface area contributed by atoms with Gasteiger partial charge in [0.05, 0.1) is 0 Å². The van der Waals surface area contributed by atoms with E-state index in [1.807, 2.05) is 0 Å². The van der Waals surface area contributed by atoms with Crippen molar-refractivity contribution < 1.29 is 0 Å². The van der Waals surface area contributed by atoms with Crippen molar-refractivity contribution in [2.24, 2.45) is 0 Å². The van der Waals surface area contributed by atoms with Crippen LogP contribution in [0.3, 0.4) is 0 Å². The van der Waals surface area contributed by atoms with Crippen molar-refractivity contribution in [3.8, 4) is 0 Å². The quantitative estimate of drug-likeness (QED) is 0.285. The van der Waals surface area contributed by atoms with Crippen molar-refractivity contribution in [1.29, 1.82) is 0 Å². The molecule has 0 nitrogen and oxygen atoms in total. The van der Waals surface area contributed by atoms with Gasteiger partial charge in [0.2, 0.25) is 0 Å². The maximum atomic E-state index is 5.38. The molecular weight excluding hydrogens is 94.3 g/mol. The van der Waals surface area contributed by atoms with Gasteiger partial charge in [-0.05, 0) is 6.42 Å². The fraction of sp³-hybridized carbons (Fsp3) is 1.00. The van der Waals surface area contributed by atoms with Crippen LogP contribution in [0.25, 0.3) is 0 Å². The fourth-order valence-electron chi connectivity index (χ4n) is 0.344. The molecular formula is C4H10BCl. The lowest BCUT2D eigenvalue weighted by Gasteiger charge is -1.84. The van der Waals surface area contributed by atoms with Crippen LogP contribution in [0.5, 0.6) is 0 Å². The van der Waals surface area contributed by atoms with E-state index in [4.69, 9.17) is 11.6 Å². The second-order valence-corrected chi connectivity index (χ2v) is 1.77. The molecule has 0 saturated heterocycles. The van der Waals surface area contributed by atoms with E-state index < -0.39 is 0 Å². The zero-order chi connectivity index (χ0) is 4.83. The molecule has 36 valence electrons. The van der Waals surface area contributed by atoms with Gasteiger partial charge in [0, 0.05) is 5.88 Å². The smallest absolute Gasteiger partial charge is 0.101 e. The minimum absolute atomic E-state index is 0.827. The van der Waals surface area contributed by atoms with Gasteiger partial charge >= 0.3 is 0 Å². The van der Waals surface area contributed by atoms with E-state index in [1.165, 1.54) is 19.2 Å². The first-order chi connectivity index (χ1) is 2.91. The molecule has 0 aromatic carbocycles. The molecule has 0 spiro atoms. The Hall–Kier alpha value is 0.355. The van der Waals surface area contributed by atoms with E-state index in [2.05, 4.69) is 7.85 Å². The molecule has 0 rings (SSSR count). The molecule has 0 aromatic rings. The largest absolute Gasteiger partial charge is 0.127 e. The first-order valence-electron chi connectivity index (χ1n) is 2.47. The summed E-state index contributed by atoms with van der Waals surface area (Å²) in [4.78, 5) is 0. The molecule has 0 atom stereocenters. The van der Waals surface area contributed by atoms with Gasteiger partial charge in [-0.3, -0.25) is 0 Å². The molecule has 6 heavy (non-hydrogen) atoms. The summed E-state index contributed by atoms with van der Waals surface area (Å²) in [5.74, 6) is 0.827. The summed E-state index contributed by atoms with van der Waals surface area (Å²) in [6, 6.07) is 0. The average Bonchev–Trinajstić information content (AvgIpc) is 1.61. The Balaban J connectivity index is 2.34. The molecule has 0 bridgehead atoms. The van der Waals surface area contributed by atoms with Gasteiger partial charge in [-0.1, -0.05) is 12.7 Å².